The Balaban J connectivity index is 1.79. The Hall–Kier alpha value is -1.71. The maximum atomic E-state index is 12.9. The van der Waals surface area contributed by atoms with Crippen molar-refractivity contribution in [1.29, 1.82) is 0 Å². The second-order valence-corrected chi connectivity index (χ2v) is 6.41. The van der Waals surface area contributed by atoms with Gasteiger partial charge in [0.05, 0.1) is 25.4 Å². The summed E-state index contributed by atoms with van der Waals surface area (Å²) < 4.78 is 44.0. The number of aliphatic hydroxyl groups is 1. The van der Waals surface area contributed by atoms with Gasteiger partial charge in [-0.1, -0.05) is 6.07 Å². The van der Waals surface area contributed by atoms with Crippen LogP contribution in [-0.4, -0.2) is 40.9 Å². The second kappa shape index (κ2) is 7.04. The average molecular weight is 359 g/mol. The molecule has 2 atom stereocenters. The van der Waals surface area contributed by atoms with E-state index >= 15 is 0 Å². The van der Waals surface area contributed by atoms with Crippen molar-refractivity contribution in [3.8, 4) is 0 Å². The minimum Gasteiger partial charge on any atom is -0.387 e. The van der Waals surface area contributed by atoms with Gasteiger partial charge >= 0.3 is 6.18 Å². The number of hydrogen-bond donors (Lipinski definition) is 1. The molecule has 0 aromatic carbocycles. The van der Waals surface area contributed by atoms with Crippen molar-refractivity contribution < 1.29 is 23.0 Å². The molecule has 3 heterocycles. The van der Waals surface area contributed by atoms with E-state index in [4.69, 9.17) is 4.74 Å². The first-order valence-corrected chi connectivity index (χ1v) is 8.29. The van der Waals surface area contributed by atoms with Crippen LogP contribution >= 0.6 is 11.3 Å². The fraction of sp³-hybridized carbons (Fsp3) is 0.467. The zero-order valence-corrected chi connectivity index (χ0v) is 13.4. The third-order valence-corrected chi connectivity index (χ3v) is 4.76. The van der Waals surface area contributed by atoms with E-state index < -0.39 is 18.0 Å². The van der Waals surface area contributed by atoms with Gasteiger partial charge in [-0.25, -0.2) is 9.97 Å². The number of rotatable bonds is 4. The lowest BCUT2D eigenvalue weighted by Gasteiger charge is -2.36. The first-order valence-electron chi connectivity index (χ1n) is 7.41. The van der Waals surface area contributed by atoms with Gasteiger partial charge in [-0.3, -0.25) is 0 Å². The minimum absolute atomic E-state index is 0.0107. The highest BCUT2D eigenvalue weighted by Crippen LogP contribution is 2.30. The molecule has 2 unspecified atom stereocenters. The molecule has 0 radical (unpaired) electrons. The van der Waals surface area contributed by atoms with Crippen LogP contribution in [0.15, 0.2) is 29.8 Å². The van der Waals surface area contributed by atoms with Crippen LogP contribution in [0.25, 0.3) is 0 Å². The van der Waals surface area contributed by atoms with Crippen molar-refractivity contribution in [1.82, 2.24) is 9.97 Å². The zero-order valence-electron chi connectivity index (χ0n) is 12.6. The van der Waals surface area contributed by atoms with E-state index in [0.717, 1.165) is 17.1 Å². The lowest BCUT2D eigenvalue weighted by molar-refractivity contribution is -0.141. The molecule has 1 N–H and O–H groups in total. The number of alkyl halides is 3. The standard InChI is InChI=1S/C15H16F3N3O2S/c16-15(17,18)13-3-4-19-14(20-13)21-5-6-23-9-10(21)8-11(22)12-2-1-7-24-12/h1-4,7,10-11,22H,5-6,8-9H2. The molecule has 0 aliphatic carbocycles. The molecule has 5 nitrogen and oxygen atoms in total. The largest absolute Gasteiger partial charge is 0.433 e. The molecule has 1 aliphatic rings. The van der Waals surface area contributed by atoms with Crippen LogP contribution in [0.1, 0.15) is 23.1 Å². The molecule has 0 amide bonds. The summed E-state index contributed by atoms with van der Waals surface area (Å²) in [6, 6.07) is 4.22. The Bertz CT molecular complexity index is 666. The Morgan fingerprint density at radius 1 is 1.42 bits per heavy atom. The van der Waals surface area contributed by atoms with Crippen LogP contribution in [0.3, 0.4) is 0 Å². The van der Waals surface area contributed by atoms with Crippen molar-refractivity contribution in [2.75, 3.05) is 24.7 Å². The fourth-order valence-corrected chi connectivity index (χ4v) is 3.34. The molecule has 1 fully saturated rings. The molecule has 9 heteroatoms. The smallest absolute Gasteiger partial charge is 0.387 e. The number of nitrogens with zero attached hydrogens (tertiary/aromatic N) is 3. The summed E-state index contributed by atoms with van der Waals surface area (Å²) in [4.78, 5) is 10.1. The van der Waals surface area contributed by atoms with Gasteiger partial charge in [0.1, 0.15) is 5.69 Å². The van der Waals surface area contributed by atoms with E-state index in [0.29, 0.717) is 26.2 Å². The van der Waals surface area contributed by atoms with Gasteiger partial charge in [-0.2, -0.15) is 13.2 Å². The molecule has 1 aliphatic heterocycles. The molecule has 24 heavy (non-hydrogen) atoms. The molecule has 1 saturated heterocycles. The van der Waals surface area contributed by atoms with E-state index in [-0.39, 0.29) is 12.0 Å². The Morgan fingerprint density at radius 3 is 2.96 bits per heavy atom. The van der Waals surface area contributed by atoms with Crippen LogP contribution < -0.4 is 4.90 Å². The van der Waals surface area contributed by atoms with Crippen molar-refractivity contribution in [2.45, 2.75) is 24.7 Å². The lowest BCUT2D eigenvalue weighted by Crippen LogP contribution is -2.47. The summed E-state index contributed by atoms with van der Waals surface area (Å²) in [6.07, 6.45) is -3.78. The number of anilines is 1. The molecule has 130 valence electrons. The van der Waals surface area contributed by atoms with Gasteiger partial charge in [0.25, 0.3) is 0 Å². The van der Waals surface area contributed by atoms with Gasteiger partial charge in [0.2, 0.25) is 5.95 Å². The van der Waals surface area contributed by atoms with Crippen molar-refractivity contribution in [2.24, 2.45) is 0 Å². The number of morpholine rings is 1. The number of ether oxygens (including phenoxy) is 1. The van der Waals surface area contributed by atoms with Crippen LogP contribution in [0, 0.1) is 0 Å². The number of thiophene rings is 1. The fourth-order valence-electron chi connectivity index (χ4n) is 2.61. The van der Waals surface area contributed by atoms with Crippen LogP contribution in [0.2, 0.25) is 0 Å². The van der Waals surface area contributed by atoms with E-state index in [9.17, 15) is 18.3 Å². The summed E-state index contributed by atoms with van der Waals surface area (Å²) in [5.74, 6) is 0.0107. The minimum atomic E-state index is -4.52. The highest BCUT2D eigenvalue weighted by molar-refractivity contribution is 7.10. The number of aliphatic hydroxyl groups excluding tert-OH is 1. The summed E-state index contributed by atoms with van der Waals surface area (Å²) in [5, 5.41) is 12.2. The normalized spacial score (nSPS) is 20.2. The molecule has 0 bridgehead atoms. The molecule has 0 spiro atoms. The molecule has 3 rings (SSSR count). The van der Waals surface area contributed by atoms with Crippen LogP contribution in [0.5, 0.6) is 0 Å². The summed E-state index contributed by atoms with van der Waals surface area (Å²) in [5.41, 5.74) is -0.975. The summed E-state index contributed by atoms with van der Waals surface area (Å²) in [6.45, 7) is 1.07. The Labute approximate surface area is 140 Å². The van der Waals surface area contributed by atoms with Crippen LogP contribution in [0.4, 0.5) is 19.1 Å². The second-order valence-electron chi connectivity index (χ2n) is 5.43. The highest BCUT2D eigenvalue weighted by atomic mass is 32.1. The molecular formula is C15H16F3N3O2S. The van der Waals surface area contributed by atoms with Gasteiger partial charge in [0.15, 0.2) is 0 Å². The molecule has 0 saturated carbocycles. The van der Waals surface area contributed by atoms with Gasteiger partial charge in [-0.15, -0.1) is 11.3 Å². The number of hydrogen-bond acceptors (Lipinski definition) is 6. The van der Waals surface area contributed by atoms with E-state index in [1.807, 2.05) is 17.5 Å². The number of aromatic nitrogens is 2. The van der Waals surface area contributed by atoms with E-state index in [2.05, 4.69) is 9.97 Å². The van der Waals surface area contributed by atoms with E-state index in [1.54, 1.807) is 4.90 Å². The van der Waals surface area contributed by atoms with Crippen LogP contribution in [-0.2, 0) is 10.9 Å². The first kappa shape index (κ1) is 17.1. The summed E-state index contributed by atoms with van der Waals surface area (Å²) in [7, 11) is 0. The monoisotopic (exact) mass is 359 g/mol. The molecular weight excluding hydrogens is 343 g/mol. The summed E-state index contributed by atoms with van der Waals surface area (Å²) >= 11 is 1.43. The van der Waals surface area contributed by atoms with Gasteiger partial charge in [0, 0.05) is 24.0 Å². The Kier molecular flexibility index (Phi) is 5.02. The molecule has 2 aromatic heterocycles. The van der Waals surface area contributed by atoms with E-state index in [1.165, 1.54) is 11.3 Å². The third-order valence-electron chi connectivity index (χ3n) is 3.78. The SMILES string of the molecule is OC(CC1COCCN1c1nccc(C(F)(F)F)n1)c1cccs1. The van der Waals surface area contributed by atoms with Crippen molar-refractivity contribution in [3.05, 3.63) is 40.3 Å². The predicted molar refractivity (Wildman–Crippen MR) is 82.9 cm³/mol. The van der Waals surface area contributed by atoms with Gasteiger partial charge in [-0.05, 0) is 17.5 Å². The lowest BCUT2D eigenvalue weighted by atomic mass is 10.1. The Morgan fingerprint density at radius 2 is 2.25 bits per heavy atom. The highest BCUT2D eigenvalue weighted by Gasteiger charge is 2.34. The number of halogens is 3. The topological polar surface area (TPSA) is 58.5 Å². The zero-order chi connectivity index (χ0) is 17.2. The average Bonchev–Trinajstić information content (AvgIpc) is 3.09. The van der Waals surface area contributed by atoms with Crippen molar-refractivity contribution >= 4 is 17.3 Å². The first-order chi connectivity index (χ1) is 11.4. The maximum absolute atomic E-state index is 12.9. The maximum Gasteiger partial charge on any atom is 0.433 e. The quantitative estimate of drug-likeness (QED) is 0.910. The molecule has 2 aromatic rings. The van der Waals surface area contributed by atoms with Crippen molar-refractivity contribution in [3.63, 3.8) is 0 Å². The predicted octanol–water partition coefficient (Wildman–Crippen LogP) is 2.89. The third kappa shape index (κ3) is 3.85. The van der Waals surface area contributed by atoms with Gasteiger partial charge < -0.3 is 14.7 Å².